The molecule has 4 heteroatoms. The lowest BCUT2D eigenvalue weighted by Gasteiger charge is -2.25. The summed E-state index contributed by atoms with van der Waals surface area (Å²) >= 11 is 0. The molecule has 0 aromatic heterocycles. The fourth-order valence-electron chi connectivity index (χ4n) is 0.593. The molecule has 0 aliphatic heterocycles. The molecule has 0 fully saturated rings. The monoisotopic (exact) mass is 188 g/mol. The van der Waals surface area contributed by atoms with Gasteiger partial charge in [0.2, 0.25) is 5.91 Å². The highest BCUT2D eigenvalue weighted by molar-refractivity contribution is 5.85. The van der Waals surface area contributed by atoms with E-state index in [1.165, 1.54) is 0 Å². The van der Waals surface area contributed by atoms with Gasteiger partial charge in [-0.15, -0.1) is 0 Å². The maximum Gasteiger partial charge on any atom is 0.239 e. The predicted molar refractivity (Wildman–Crippen MR) is 52.4 cm³/mol. The summed E-state index contributed by atoms with van der Waals surface area (Å²) in [6.07, 6.45) is 0. The minimum absolute atomic E-state index is 0.169. The molecule has 0 atom stereocenters. The molecule has 0 aromatic rings. The molecule has 0 heterocycles. The molecular weight excluding hydrogens is 168 g/mol. The van der Waals surface area contributed by atoms with Crippen LogP contribution in [0.3, 0.4) is 0 Å². The number of ether oxygens (including phenoxy) is 1. The average molecular weight is 188 g/mol. The Morgan fingerprint density at radius 2 is 1.85 bits per heavy atom. The zero-order chi connectivity index (χ0) is 10.7. The van der Waals surface area contributed by atoms with E-state index in [4.69, 9.17) is 10.5 Å². The molecule has 0 bridgehead atoms. The molecule has 0 unspecified atom stereocenters. The lowest BCUT2D eigenvalue weighted by molar-refractivity contribution is -0.126. The number of methoxy groups -OCH3 is 1. The van der Waals surface area contributed by atoms with E-state index in [1.54, 1.807) is 21.0 Å². The summed E-state index contributed by atoms with van der Waals surface area (Å²) in [7, 11) is 1.61. The van der Waals surface area contributed by atoms with Crippen LogP contribution in [0.5, 0.6) is 0 Å². The number of hydrogen-bond acceptors (Lipinski definition) is 3. The van der Waals surface area contributed by atoms with Crippen molar-refractivity contribution < 1.29 is 9.53 Å². The predicted octanol–water partition coefficient (Wildman–Crippen LogP) is 0.265. The van der Waals surface area contributed by atoms with Crippen LogP contribution in [0, 0.1) is 0 Å². The smallest absolute Gasteiger partial charge is 0.239 e. The second kappa shape index (κ2) is 4.07. The van der Waals surface area contributed by atoms with Crippen molar-refractivity contribution in [3.8, 4) is 0 Å². The molecule has 0 rings (SSSR count). The van der Waals surface area contributed by atoms with Gasteiger partial charge in [0.25, 0.3) is 0 Å². The molecule has 4 nitrogen and oxygen atoms in total. The normalized spacial score (nSPS) is 12.8. The van der Waals surface area contributed by atoms with Gasteiger partial charge in [0.15, 0.2) is 0 Å². The Morgan fingerprint density at radius 1 is 1.38 bits per heavy atom. The van der Waals surface area contributed by atoms with E-state index in [0.29, 0.717) is 6.54 Å². The van der Waals surface area contributed by atoms with E-state index in [1.807, 2.05) is 13.8 Å². The summed E-state index contributed by atoms with van der Waals surface area (Å²) in [5.74, 6) is -0.169. The van der Waals surface area contributed by atoms with Crippen molar-refractivity contribution in [3.63, 3.8) is 0 Å². The Hall–Kier alpha value is -0.610. The summed E-state index contributed by atoms with van der Waals surface area (Å²) in [6, 6.07) is 0. The molecule has 0 spiro atoms. The summed E-state index contributed by atoms with van der Waals surface area (Å²) in [5.41, 5.74) is 4.42. The first-order chi connectivity index (χ1) is 5.69. The SMILES string of the molecule is COC(C)(C)CNC(=O)C(C)(C)N. The topological polar surface area (TPSA) is 64.3 Å². The van der Waals surface area contributed by atoms with Crippen molar-refractivity contribution in [3.05, 3.63) is 0 Å². The molecule has 3 N–H and O–H groups in total. The maximum atomic E-state index is 11.3. The molecule has 0 aliphatic carbocycles. The van der Waals surface area contributed by atoms with E-state index < -0.39 is 5.54 Å². The minimum Gasteiger partial charge on any atom is -0.377 e. The van der Waals surface area contributed by atoms with Gasteiger partial charge in [-0.1, -0.05) is 0 Å². The molecule has 13 heavy (non-hydrogen) atoms. The highest BCUT2D eigenvalue weighted by Gasteiger charge is 2.24. The molecule has 0 aliphatic rings. The van der Waals surface area contributed by atoms with Crippen LogP contribution in [0.1, 0.15) is 27.7 Å². The van der Waals surface area contributed by atoms with Crippen molar-refractivity contribution in [2.45, 2.75) is 38.8 Å². The summed E-state index contributed by atoms with van der Waals surface area (Å²) in [4.78, 5) is 11.3. The van der Waals surface area contributed by atoms with E-state index in [0.717, 1.165) is 0 Å². The van der Waals surface area contributed by atoms with Gasteiger partial charge < -0.3 is 15.8 Å². The third-order valence-corrected chi connectivity index (χ3v) is 1.81. The fourth-order valence-corrected chi connectivity index (χ4v) is 0.593. The number of amides is 1. The van der Waals surface area contributed by atoms with E-state index in [9.17, 15) is 4.79 Å². The van der Waals surface area contributed by atoms with Crippen LogP contribution < -0.4 is 11.1 Å². The lowest BCUT2D eigenvalue weighted by Crippen LogP contribution is -2.52. The third-order valence-electron chi connectivity index (χ3n) is 1.81. The Bertz CT molecular complexity index is 183. The van der Waals surface area contributed by atoms with Gasteiger partial charge in [-0.05, 0) is 27.7 Å². The highest BCUT2D eigenvalue weighted by Crippen LogP contribution is 2.05. The molecular formula is C9H20N2O2. The van der Waals surface area contributed by atoms with Crippen molar-refractivity contribution in [1.82, 2.24) is 5.32 Å². The van der Waals surface area contributed by atoms with Crippen LogP contribution in [0.25, 0.3) is 0 Å². The Kier molecular flexibility index (Phi) is 3.88. The number of carbonyl (C=O) groups is 1. The summed E-state index contributed by atoms with van der Waals surface area (Å²) in [5, 5.41) is 2.72. The minimum atomic E-state index is -0.830. The van der Waals surface area contributed by atoms with Gasteiger partial charge in [-0.25, -0.2) is 0 Å². The Balaban J connectivity index is 3.98. The molecule has 1 amide bonds. The largest absolute Gasteiger partial charge is 0.377 e. The van der Waals surface area contributed by atoms with Crippen LogP contribution >= 0.6 is 0 Å². The van der Waals surface area contributed by atoms with Crippen LogP contribution in [0.4, 0.5) is 0 Å². The molecule has 78 valence electrons. The average Bonchev–Trinajstić information content (AvgIpc) is 1.98. The second-order valence-corrected chi connectivity index (χ2v) is 4.37. The first-order valence-corrected chi connectivity index (χ1v) is 4.31. The maximum absolute atomic E-state index is 11.3. The quantitative estimate of drug-likeness (QED) is 0.665. The van der Waals surface area contributed by atoms with Gasteiger partial charge in [0.1, 0.15) is 0 Å². The van der Waals surface area contributed by atoms with Crippen molar-refractivity contribution in [2.24, 2.45) is 5.73 Å². The Labute approximate surface area is 79.8 Å². The van der Waals surface area contributed by atoms with Gasteiger partial charge in [-0.2, -0.15) is 0 Å². The molecule has 0 aromatic carbocycles. The van der Waals surface area contributed by atoms with E-state index in [-0.39, 0.29) is 11.5 Å². The number of nitrogens with one attached hydrogen (secondary N) is 1. The first-order valence-electron chi connectivity index (χ1n) is 4.31. The van der Waals surface area contributed by atoms with Gasteiger partial charge in [-0.3, -0.25) is 4.79 Å². The molecule has 0 saturated heterocycles. The standard InChI is InChI=1S/C9H20N2O2/c1-8(2,13-5)6-11-7(12)9(3,4)10/h6,10H2,1-5H3,(H,11,12). The number of hydrogen-bond donors (Lipinski definition) is 2. The van der Waals surface area contributed by atoms with Gasteiger partial charge >= 0.3 is 0 Å². The van der Waals surface area contributed by atoms with Crippen molar-refractivity contribution in [2.75, 3.05) is 13.7 Å². The Morgan fingerprint density at radius 3 is 2.15 bits per heavy atom. The van der Waals surface area contributed by atoms with E-state index in [2.05, 4.69) is 5.32 Å². The molecule has 0 saturated carbocycles. The first kappa shape index (κ1) is 12.4. The summed E-state index contributed by atoms with van der Waals surface area (Å²) < 4.78 is 5.15. The third kappa shape index (κ3) is 4.85. The number of rotatable bonds is 4. The number of carbonyl (C=O) groups excluding carboxylic acids is 1. The second-order valence-electron chi connectivity index (χ2n) is 4.37. The van der Waals surface area contributed by atoms with Crippen molar-refractivity contribution in [1.29, 1.82) is 0 Å². The fraction of sp³-hybridized carbons (Fsp3) is 0.889. The highest BCUT2D eigenvalue weighted by atomic mass is 16.5. The van der Waals surface area contributed by atoms with Gasteiger partial charge in [0.05, 0.1) is 11.1 Å². The number of nitrogens with two attached hydrogens (primary N) is 1. The lowest BCUT2D eigenvalue weighted by atomic mass is 10.1. The van der Waals surface area contributed by atoms with Crippen LogP contribution in [0.2, 0.25) is 0 Å². The van der Waals surface area contributed by atoms with Gasteiger partial charge in [0, 0.05) is 13.7 Å². The van der Waals surface area contributed by atoms with Crippen molar-refractivity contribution >= 4 is 5.91 Å². The molecule has 0 radical (unpaired) electrons. The van der Waals surface area contributed by atoms with Crippen LogP contribution in [-0.4, -0.2) is 30.7 Å². The van der Waals surface area contributed by atoms with Crippen LogP contribution in [0.15, 0.2) is 0 Å². The summed E-state index contributed by atoms with van der Waals surface area (Å²) in [6.45, 7) is 7.60. The van der Waals surface area contributed by atoms with E-state index >= 15 is 0 Å². The van der Waals surface area contributed by atoms with Crippen LogP contribution in [-0.2, 0) is 9.53 Å². The zero-order valence-corrected chi connectivity index (χ0v) is 9.10. The zero-order valence-electron chi connectivity index (χ0n) is 9.10.